The summed E-state index contributed by atoms with van der Waals surface area (Å²) in [5, 5.41) is 0. The lowest BCUT2D eigenvalue weighted by Crippen LogP contribution is -2.02. The number of Topliss-reactive ketones (excluding diaryl/α,β-unsaturated/α-hetero) is 1. The van der Waals surface area contributed by atoms with E-state index >= 15 is 0 Å². The van der Waals surface area contributed by atoms with Gasteiger partial charge in [-0.3, -0.25) is 9.78 Å². The molecule has 0 radical (unpaired) electrons. The Bertz CT molecular complexity index is 436. The molecule has 0 saturated heterocycles. The van der Waals surface area contributed by atoms with Gasteiger partial charge in [0.05, 0.1) is 4.90 Å². The van der Waals surface area contributed by atoms with Crippen molar-refractivity contribution in [1.82, 2.24) is 4.98 Å². The first-order valence-electron chi connectivity index (χ1n) is 3.58. The molecule has 0 spiro atoms. The predicted molar refractivity (Wildman–Crippen MR) is 47.4 cm³/mol. The van der Waals surface area contributed by atoms with Crippen LogP contribution in [0, 0.1) is 0 Å². The summed E-state index contributed by atoms with van der Waals surface area (Å²) in [6.07, 6.45) is 2.40. The van der Waals surface area contributed by atoms with Crippen molar-refractivity contribution in [3.8, 4) is 0 Å². The second-order valence-electron chi connectivity index (χ2n) is 2.71. The SMILES string of the molecule is CC(=O)c1cc(S(C)(=O)=O)ccn1. The van der Waals surface area contributed by atoms with Crippen molar-refractivity contribution in [3.05, 3.63) is 24.0 Å². The van der Waals surface area contributed by atoms with Gasteiger partial charge in [-0.1, -0.05) is 0 Å². The number of rotatable bonds is 2. The summed E-state index contributed by atoms with van der Waals surface area (Å²) < 4.78 is 22.1. The van der Waals surface area contributed by atoms with Crippen LogP contribution in [0.2, 0.25) is 0 Å². The monoisotopic (exact) mass is 199 g/mol. The molecule has 0 aliphatic carbocycles. The van der Waals surface area contributed by atoms with Gasteiger partial charge in [0.15, 0.2) is 15.6 Å². The van der Waals surface area contributed by atoms with Crippen LogP contribution in [-0.2, 0) is 9.84 Å². The Morgan fingerprint density at radius 2 is 2.08 bits per heavy atom. The summed E-state index contributed by atoms with van der Waals surface area (Å²) in [7, 11) is -3.25. The number of hydrogen-bond acceptors (Lipinski definition) is 4. The predicted octanol–water partition coefficient (Wildman–Crippen LogP) is 0.688. The third kappa shape index (κ3) is 2.35. The average molecular weight is 199 g/mol. The van der Waals surface area contributed by atoms with Crippen LogP contribution in [0.3, 0.4) is 0 Å². The summed E-state index contributed by atoms with van der Waals surface area (Å²) in [6.45, 7) is 1.34. The largest absolute Gasteiger partial charge is 0.293 e. The summed E-state index contributed by atoms with van der Waals surface area (Å²) in [5.74, 6) is -0.245. The molecule has 4 nitrogen and oxygen atoms in total. The molecule has 0 aromatic carbocycles. The van der Waals surface area contributed by atoms with Gasteiger partial charge in [-0.2, -0.15) is 0 Å². The Morgan fingerprint density at radius 1 is 1.46 bits per heavy atom. The van der Waals surface area contributed by atoms with Crippen LogP contribution < -0.4 is 0 Å². The molecule has 0 aliphatic heterocycles. The van der Waals surface area contributed by atoms with Crippen LogP contribution in [0.1, 0.15) is 17.4 Å². The fourth-order valence-corrected chi connectivity index (χ4v) is 1.47. The number of pyridine rings is 1. The topological polar surface area (TPSA) is 64.1 Å². The van der Waals surface area contributed by atoms with Gasteiger partial charge < -0.3 is 0 Å². The van der Waals surface area contributed by atoms with Crippen molar-refractivity contribution >= 4 is 15.6 Å². The fraction of sp³-hybridized carbons (Fsp3) is 0.250. The zero-order valence-electron chi connectivity index (χ0n) is 7.31. The van der Waals surface area contributed by atoms with Crippen LogP contribution in [-0.4, -0.2) is 25.4 Å². The third-order valence-electron chi connectivity index (χ3n) is 1.52. The minimum Gasteiger partial charge on any atom is -0.293 e. The van der Waals surface area contributed by atoms with Crippen molar-refractivity contribution in [2.45, 2.75) is 11.8 Å². The Balaban J connectivity index is 3.29. The van der Waals surface area contributed by atoms with Gasteiger partial charge in [-0.15, -0.1) is 0 Å². The number of carbonyl (C=O) groups excluding carboxylic acids is 1. The molecule has 1 aromatic rings. The standard InChI is InChI=1S/C8H9NO3S/c1-6(10)8-5-7(3-4-9-8)13(2,11)12/h3-5H,1-2H3. The second kappa shape index (κ2) is 3.26. The molecular weight excluding hydrogens is 190 g/mol. The average Bonchev–Trinajstić information content (AvgIpc) is 2.03. The van der Waals surface area contributed by atoms with E-state index in [4.69, 9.17) is 0 Å². The molecule has 0 amide bonds. The molecule has 0 unspecified atom stereocenters. The van der Waals surface area contributed by atoms with Crippen molar-refractivity contribution in [1.29, 1.82) is 0 Å². The molecule has 0 atom stereocenters. The minimum absolute atomic E-state index is 0.118. The third-order valence-corrected chi connectivity index (χ3v) is 2.63. The lowest BCUT2D eigenvalue weighted by molar-refractivity contribution is 0.101. The first kappa shape index (κ1) is 9.85. The first-order chi connectivity index (χ1) is 5.91. The molecule has 1 heterocycles. The maximum absolute atomic E-state index is 11.1. The van der Waals surface area contributed by atoms with Crippen molar-refractivity contribution in [2.24, 2.45) is 0 Å². The van der Waals surface area contributed by atoms with Crippen LogP contribution in [0.5, 0.6) is 0 Å². The van der Waals surface area contributed by atoms with E-state index in [1.165, 1.54) is 25.3 Å². The van der Waals surface area contributed by atoms with E-state index in [9.17, 15) is 13.2 Å². The highest BCUT2D eigenvalue weighted by Crippen LogP contribution is 2.08. The highest BCUT2D eigenvalue weighted by atomic mass is 32.2. The molecule has 13 heavy (non-hydrogen) atoms. The number of ketones is 1. The maximum atomic E-state index is 11.1. The summed E-state index contributed by atoms with van der Waals surface area (Å²) in [5.41, 5.74) is 0.169. The quantitative estimate of drug-likeness (QED) is 0.657. The number of hydrogen-bond donors (Lipinski definition) is 0. The van der Waals surface area contributed by atoms with Crippen molar-refractivity contribution in [2.75, 3.05) is 6.26 Å². The number of sulfone groups is 1. The van der Waals surface area contributed by atoms with Gasteiger partial charge in [-0.05, 0) is 12.1 Å². The maximum Gasteiger partial charge on any atom is 0.178 e. The molecule has 0 saturated carbocycles. The summed E-state index contributed by atoms with van der Waals surface area (Å²) in [4.78, 5) is 14.7. The van der Waals surface area contributed by atoms with E-state index in [0.29, 0.717) is 0 Å². The van der Waals surface area contributed by atoms with Crippen LogP contribution in [0.15, 0.2) is 23.2 Å². The molecule has 0 N–H and O–H groups in total. The van der Waals surface area contributed by atoms with E-state index in [1.54, 1.807) is 0 Å². The second-order valence-corrected chi connectivity index (χ2v) is 4.72. The number of carbonyl (C=O) groups is 1. The Labute approximate surface area is 76.5 Å². The van der Waals surface area contributed by atoms with Gasteiger partial charge in [0.1, 0.15) is 5.69 Å². The van der Waals surface area contributed by atoms with Gasteiger partial charge in [-0.25, -0.2) is 8.42 Å². The first-order valence-corrected chi connectivity index (χ1v) is 5.47. The lowest BCUT2D eigenvalue weighted by Gasteiger charge is -1.98. The summed E-state index contributed by atoms with van der Waals surface area (Å²) >= 11 is 0. The van der Waals surface area contributed by atoms with Crippen LogP contribution >= 0.6 is 0 Å². The highest BCUT2D eigenvalue weighted by molar-refractivity contribution is 7.90. The molecule has 70 valence electrons. The van der Waals surface area contributed by atoms with Gasteiger partial charge in [0.2, 0.25) is 0 Å². The Morgan fingerprint density at radius 3 is 2.54 bits per heavy atom. The molecule has 0 fully saturated rings. The lowest BCUT2D eigenvalue weighted by atomic mass is 10.3. The smallest absolute Gasteiger partial charge is 0.178 e. The van der Waals surface area contributed by atoms with Gasteiger partial charge in [0.25, 0.3) is 0 Å². The van der Waals surface area contributed by atoms with E-state index in [1.807, 2.05) is 0 Å². The molecule has 1 rings (SSSR count). The van der Waals surface area contributed by atoms with Gasteiger partial charge >= 0.3 is 0 Å². The molecule has 0 aliphatic rings. The normalized spacial score (nSPS) is 11.2. The number of aromatic nitrogens is 1. The van der Waals surface area contributed by atoms with Gasteiger partial charge in [0, 0.05) is 19.4 Å². The Kier molecular flexibility index (Phi) is 2.47. The molecular formula is C8H9NO3S. The van der Waals surface area contributed by atoms with Crippen molar-refractivity contribution < 1.29 is 13.2 Å². The fourth-order valence-electron chi connectivity index (χ4n) is 0.834. The van der Waals surface area contributed by atoms with Crippen LogP contribution in [0.4, 0.5) is 0 Å². The zero-order chi connectivity index (χ0) is 10.1. The highest BCUT2D eigenvalue weighted by Gasteiger charge is 2.09. The summed E-state index contributed by atoms with van der Waals surface area (Å²) in [6, 6.07) is 2.64. The molecule has 0 bridgehead atoms. The number of nitrogens with zero attached hydrogens (tertiary/aromatic N) is 1. The minimum atomic E-state index is -3.25. The van der Waals surface area contributed by atoms with E-state index in [-0.39, 0.29) is 16.4 Å². The van der Waals surface area contributed by atoms with Crippen molar-refractivity contribution in [3.63, 3.8) is 0 Å². The molecule has 1 aromatic heterocycles. The Hall–Kier alpha value is -1.23. The van der Waals surface area contributed by atoms with E-state index < -0.39 is 9.84 Å². The van der Waals surface area contributed by atoms with E-state index in [2.05, 4.69) is 4.98 Å². The molecule has 5 heteroatoms. The van der Waals surface area contributed by atoms with E-state index in [0.717, 1.165) is 6.26 Å². The zero-order valence-corrected chi connectivity index (χ0v) is 8.13. The van der Waals surface area contributed by atoms with Crippen LogP contribution in [0.25, 0.3) is 0 Å².